The largest absolute Gasteiger partial charge is 0.507 e. The van der Waals surface area contributed by atoms with Crippen molar-refractivity contribution in [2.75, 3.05) is 11.9 Å². The lowest BCUT2D eigenvalue weighted by Gasteiger charge is -2.36. The summed E-state index contributed by atoms with van der Waals surface area (Å²) >= 11 is 0. The van der Waals surface area contributed by atoms with Crippen molar-refractivity contribution in [3.05, 3.63) is 58.7 Å². The van der Waals surface area contributed by atoms with Crippen LogP contribution in [-0.4, -0.2) is 46.1 Å². The minimum atomic E-state index is -1.13. The Hall–Kier alpha value is -3.55. The summed E-state index contributed by atoms with van der Waals surface area (Å²) in [5, 5.41) is 17.0. The molecule has 0 aromatic heterocycles. The normalized spacial score (nSPS) is 13.5. The fraction of sp³-hybridized carbons (Fsp3) is 0.559. The maximum absolute atomic E-state index is 14.5. The minimum Gasteiger partial charge on any atom is -0.507 e. The molecule has 0 aliphatic rings. The van der Waals surface area contributed by atoms with E-state index < -0.39 is 35.6 Å². The van der Waals surface area contributed by atoms with Crippen LogP contribution in [0, 0.1) is 26.7 Å². The fourth-order valence-corrected chi connectivity index (χ4v) is 4.93. The maximum atomic E-state index is 14.5. The summed E-state index contributed by atoms with van der Waals surface area (Å²) in [7, 11) is 0. The molecule has 0 saturated heterocycles. The molecule has 8 heteroatoms. The summed E-state index contributed by atoms with van der Waals surface area (Å²) in [6.45, 7) is 17.1. The van der Waals surface area contributed by atoms with Crippen LogP contribution in [-0.2, 0) is 14.3 Å². The van der Waals surface area contributed by atoms with Gasteiger partial charge in [-0.15, -0.1) is 0 Å². The number of hydrogen-bond donors (Lipinski definition) is 3. The number of nitrogens with one attached hydrogen (secondary N) is 2. The molecule has 0 bridgehead atoms. The second-order valence-corrected chi connectivity index (χ2v) is 12.3. The number of amides is 3. The highest BCUT2D eigenvalue weighted by atomic mass is 16.6. The number of alkyl carbamates (subject to hydrolysis) is 1. The Bertz CT molecular complexity index is 1200. The van der Waals surface area contributed by atoms with Crippen LogP contribution in [0.4, 0.5) is 10.5 Å². The SMILES string of the molecule is CCCCCCN(C(=O)C(NC(=O)OC(C)(C)C)C(C)CC)C(C(=O)Nc1c(C)cccc1C)c1cccc(C)c1O. The molecule has 42 heavy (non-hydrogen) atoms. The minimum absolute atomic E-state index is 0.0364. The van der Waals surface area contributed by atoms with Crippen LogP contribution < -0.4 is 10.6 Å². The van der Waals surface area contributed by atoms with Gasteiger partial charge >= 0.3 is 6.09 Å². The smallest absolute Gasteiger partial charge is 0.408 e. The molecular formula is C34H51N3O5. The van der Waals surface area contributed by atoms with Crippen LogP contribution in [0.5, 0.6) is 5.75 Å². The second-order valence-electron chi connectivity index (χ2n) is 12.3. The zero-order chi connectivity index (χ0) is 31.6. The van der Waals surface area contributed by atoms with Crippen molar-refractivity contribution in [1.29, 1.82) is 0 Å². The lowest BCUT2D eigenvalue weighted by molar-refractivity contribution is -0.142. The molecule has 0 saturated carbocycles. The van der Waals surface area contributed by atoms with Gasteiger partial charge in [0.2, 0.25) is 5.91 Å². The molecule has 3 amide bonds. The molecule has 2 aromatic rings. The van der Waals surface area contributed by atoms with E-state index in [1.165, 1.54) is 4.90 Å². The molecule has 0 spiro atoms. The van der Waals surface area contributed by atoms with Gasteiger partial charge in [0.15, 0.2) is 0 Å². The highest BCUT2D eigenvalue weighted by molar-refractivity contribution is 6.00. The standard InChI is InChI=1S/C34H51N3O5/c1-10-12-13-14-21-37(32(40)28(22(3)11-2)36-33(41)42-34(7,8)9)29(26-20-16-19-25(6)30(26)38)31(39)35-27-23(4)17-15-18-24(27)5/h15-20,22,28-29,38H,10-14,21H2,1-9H3,(H,35,39)(H,36,41). The molecule has 0 radical (unpaired) electrons. The van der Waals surface area contributed by atoms with E-state index in [1.807, 2.05) is 45.9 Å². The quantitative estimate of drug-likeness (QED) is 0.214. The fourth-order valence-electron chi connectivity index (χ4n) is 4.93. The second kappa shape index (κ2) is 15.6. The number of hydrogen-bond acceptors (Lipinski definition) is 5. The Labute approximate surface area is 252 Å². The van der Waals surface area contributed by atoms with Gasteiger partial charge in [0.05, 0.1) is 0 Å². The lowest BCUT2D eigenvalue weighted by Crippen LogP contribution is -2.55. The Morgan fingerprint density at radius 3 is 2.10 bits per heavy atom. The van der Waals surface area contributed by atoms with E-state index >= 15 is 0 Å². The summed E-state index contributed by atoms with van der Waals surface area (Å²) in [5.74, 6) is -1.10. The van der Waals surface area contributed by atoms with Crippen molar-refractivity contribution in [2.24, 2.45) is 5.92 Å². The third-order valence-corrected chi connectivity index (χ3v) is 7.54. The van der Waals surface area contributed by atoms with Crippen molar-refractivity contribution >= 4 is 23.6 Å². The molecule has 0 fully saturated rings. The van der Waals surface area contributed by atoms with E-state index in [4.69, 9.17) is 4.74 Å². The van der Waals surface area contributed by atoms with Gasteiger partial charge in [0.25, 0.3) is 5.91 Å². The Morgan fingerprint density at radius 1 is 0.929 bits per heavy atom. The van der Waals surface area contributed by atoms with Gasteiger partial charge in [-0.05, 0) is 70.6 Å². The van der Waals surface area contributed by atoms with Crippen molar-refractivity contribution in [2.45, 2.75) is 112 Å². The molecular weight excluding hydrogens is 530 g/mol. The number of anilines is 1. The molecule has 0 heterocycles. The van der Waals surface area contributed by atoms with E-state index in [2.05, 4.69) is 17.6 Å². The highest BCUT2D eigenvalue weighted by Gasteiger charge is 2.39. The number of aryl methyl sites for hydroxylation is 3. The van der Waals surface area contributed by atoms with Crippen LogP contribution in [0.1, 0.15) is 102 Å². The van der Waals surface area contributed by atoms with E-state index in [0.717, 1.165) is 30.4 Å². The third kappa shape index (κ3) is 9.50. The van der Waals surface area contributed by atoms with E-state index in [-0.39, 0.29) is 18.2 Å². The summed E-state index contributed by atoms with van der Waals surface area (Å²) in [6, 6.07) is 8.91. The highest BCUT2D eigenvalue weighted by Crippen LogP contribution is 2.34. The summed E-state index contributed by atoms with van der Waals surface area (Å²) < 4.78 is 5.50. The number of phenolic OH excluding ortho intramolecular Hbond substituents is 1. The monoisotopic (exact) mass is 581 g/mol. The van der Waals surface area contributed by atoms with Crippen molar-refractivity contribution in [3.63, 3.8) is 0 Å². The first kappa shape index (κ1) is 34.7. The van der Waals surface area contributed by atoms with Gasteiger partial charge in [-0.25, -0.2) is 4.79 Å². The number of unbranched alkanes of at least 4 members (excludes halogenated alkanes) is 3. The van der Waals surface area contributed by atoms with E-state index in [1.54, 1.807) is 45.9 Å². The van der Waals surface area contributed by atoms with Crippen molar-refractivity contribution in [1.82, 2.24) is 10.2 Å². The maximum Gasteiger partial charge on any atom is 0.408 e. The Balaban J connectivity index is 2.66. The summed E-state index contributed by atoms with van der Waals surface area (Å²) in [5.41, 5.74) is 2.64. The number of carbonyl (C=O) groups excluding carboxylic acids is 3. The number of nitrogens with zero attached hydrogens (tertiary/aromatic N) is 1. The third-order valence-electron chi connectivity index (χ3n) is 7.54. The molecule has 0 aliphatic carbocycles. The topological polar surface area (TPSA) is 108 Å². The zero-order valence-electron chi connectivity index (χ0n) is 27.0. The van der Waals surface area contributed by atoms with Gasteiger partial charge in [-0.1, -0.05) is 82.9 Å². The first-order valence-corrected chi connectivity index (χ1v) is 15.2. The van der Waals surface area contributed by atoms with E-state index in [9.17, 15) is 19.5 Å². The number of phenols is 1. The number of rotatable bonds is 13. The number of ether oxygens (including phenoxy) is 1. The van der Waals surface area contributed by atoms with Crippen LogP contribution >= 0.6 is 0 Å². The molecule has 3 N–H and O–H groups in total. The summed E-state index contributed by atoms with van der Waals surface area (Å²) in [6.07, 6.45) is 3.46. The number of aromatic hydroxyl groups is 1. The molecule has 2 aromatic carbocycles. The van der Waals surface area contributed by atoms with Crippen LogP contribution in [0.2, 0.25) is 0 Å². The van der Waals surface area contributed by atoms with Crippen LogP contribution in [0.3, 0.4) is 0 Å². The molecule has 3 atom stereocenters. The molecule has 8 nitrogen and oxygen atoms in total. The lowest BCUT2D eigenvalue weighted by atomic mass is 9.94. The number of carbonyl (C=O) groups is 3. The van der Waals surface area contributed by atoms with Crippen molar-refractivity contribution in [3.8, 4) is 5.75 Å². The van der Waals surface area contributed by atoms with Crippen LogP contribution in [0.15, 0.2) is 36.4 Å². The van der Waals surface area contributed by atoms with Gasteiger partial charge in [-0.2, -0.15) is 0 Å². The molecule has 232 valence electrons. The average molecular weight is 582 g/mol. The first-order valence-electron chi connectivity index (χ1n) is 15.2. The molecule has 0 aliphatic heterocycles. The summed E-state index contributed by atoms with van der Waals surface area (Å²) in [4.78, 5) is 43.2. The van der Waals surface area contributed by atoms with Crippen LogP contribution in [0.25, 0.3) is 0 Å². The first-order chi connectivity index (χ1) is 19.7. The zero-order valence-corrected chi connectivity index (χ0v) is 27.0. The van der Waals surface area contributed by atoms with E-state index in [0.29, 0.717) is 29.7 Å². The van der Waals surface area contributed by atoms with Crippen molar-refractivity contribution < 1.29 is 24.2 Å². The Kier molecular flexibility index (Phi) is 12.9. The predicted molar refractivity (Wildman–Crippen MR) is 169 cm³/mol. The Morgan fingerprint density at radius 2 is 1.52 bits per heavy atom. The predicted octanol–water partition coefficient (Wildman–Crippen LogP) is 7.35. The number of para-hydroxylation sites is 2. The molecule has 2 rings (SSSR count). The van der Waals surface area contributed by atoms with Gasteiger partial charge in [0, 0.05) is 17.8 Å². The van der Waals surface area contributed by atoms with Gasteiger partial charge < -0.3 is 25.4 Å². The number of benzene rings is 2. The molecule has 3 unspecified atom stereocenters. The average Bonchev–Trinajstić information content (AvgIpc) is 2.91. The van der Waals surface area contributed by atoms with Gasteiger partial charge in [-0.3, -0.25) is 9.59 Å². The van der Waals surface area contributed by atoms with Gasteiger partial charge in [0.1, 0.15) is 23.4 Å².